The number of hydrogen-bond acceptors (Lipinski definition) is 5. The minimum atomic E-state index is -0.566. The summed E-state index contributed by atoms with van der Waals surface area (Å²) in [6, 6.07) is 3.18. The van der Waals surface area contributed by atoms with Crippen LogP contribution in [0, 0.1) is 0 Å². The molecule has 7 nitrogen and oxygen atoms in total. The number of nitrogens with zero attached hydrogens (tertiary/aromatic N) is 1. The summed E-state index contributed by atoms with van der Waals surface area (Å²) in [7, 11) is 4.23. The fourth-order valence-electron chi connectivity index (χ4n) is 1.84. The Morgan fingerprint density at radius 2 is 1.82 bits per heavy atom. The molecule has 1 rings (SSSR count). The van der Waals surface area contributed by atoms with E-state index in [9.17, 15) is 9.59 Å². The summed E-state index contributed by atoms with van der Waals surface area (Å²) < 4.78 is 14.9. The van der Waals surface area contributed by atoms with Crippen molar-refractivity contribution in [2.45, 2.75) is 6.92 Å². The summed E-state index contributed by atoms with van der Waals surface area (Å²) >= 11 is 6.05. The van der Waals surface area contributed by atoms with Gasteiger partial charge in [0.15, 0.2) is 0 Å². The number of carbonyl (C=O) groups excluding carboxylic acids is 2. The Balaban J connectivity index is 3.04. The molecule has 0 aromatic heterocycles. The minimum Gasteiger partial charge on any atom is -0.495 e. The predicted octanol–water partition coefficient (Wildman–Crippen LogP) is 2.07. The van der Waals surface area contributed by atoms with Crippen LogP contribution in [0.25, 0.3) is 0 Å². The fourth-order valence-corrected chi connectivity index (χ4v) is 2.08. The Morgan fingerprint density at radius 3 is 2.32 bits per heavy atom. The number of benzene rings is 1. The van der Waals surface area contributed by atoms with Crippen molar-refractivity contribution in [2.24, 2.45) is 0 Å². The molecule has 0 unspecified atom stereocenters. The maximum absolute atomic E-state index is 11.9. The first-order chi connectivity index (χ1) is 10.4. The highest BCUT2D eigenvalue weighted by atomic mass is 35.5. The van der Waals surface area contributed by atoms with Crippen molar-refractivity contribution in [1.29, 1.82) is 0 Å². The molecule has 8 heteroatoms. The molecule has 0 aliphatic heterocycles. The van der Waals surface area contributed by atoms with Gasteiger partial charge in [0.2, 0.25) is 5.91 Å². The molecule has 22 heavy (non-hydrogen) atoms. The van der Waals surface area contributed by atoms with Crippen LogP contribution in [0.3, 0.4) is 0 Å². The highest BCUT2D eigenvalue weighted by Crippen LogP contribution is 2.38. The smallest absolute Gasteiger partial charge is 0.406 e. The first-order valence-corrected chi connectivity index (χ1v) is 6.83. The number of halogens is 1. The van der Waals surface area contributed by atoms with Crippen LogP contribution in [0.15, 0.2) is 12.1 Å². The second-order valence-electron chi connectivity index (χ2n) is 4.25. The second kappa shape index (κ2) is 8.33. The number of alkyl carbamates (subject to hydrolysis) is 1. The summed E-state index contributed by atoms with van der Waals surface area (Å²) in [6.07, 6.45) is -0.566. The summed E-state index contributed by atoms with van der Waals surface area (Å²) in [6.45, 7) is 1.88. The van der Waals surface area contributed by atoms with Crippen LogP contribution in [0.2, 0.25) is 5.02 Å². The van der Waals surface area contributed by atoms with E-state index in [4.69, 9.17) is 21.1 Å². The van der Waals surface area contributed by atoms with Crippen molar-refractivity contribution in [3.8, 4) is 11.5 Å². The van der Waals surface area contributed by atoms with Gasteiger partial charge >= 0.3 is 6.09 Å². The molecule has 1 N–H and O–H groups in total. The van der Waals surface area contributed by atoms with E-state index >= 15 is 0 Å². The van der Waals surface area contributed by atoms with Gasteiger partial charge < -0.3 is 24.4 Å². The van der Waals surface area contributed by atoms with Crippen LogP contribution in [-0.2, 0) is 9.53 Å². The Hall–Kier alpha value is -2.15. The number of methoxy groups -OCH3 is 3. The van der Waals surface area contributed by atoms with E-state index < -0.39 is 6.09 Å². The van der Waals surface area contributed by atoms with E-state index in [0.29, 0.717) is 22.2 Å². The molecule has 122 valence electrons. The van der Waals surface area contributed by atoms with Gasteiger partial charge in [0.25, 0.3) is 0 Å². The Kier molecular flexibility index (Phi) is 6.78. The van der Waals surface area contributed by atoms with Crippen LogP contribution in [-0.4, -0.2) is 46.4 Å². The Bertz CT molecular complexity index is 550. The first kappa shape index (κ1) is 17.9. The van der Waals surface area contributed by atoms with Crippen LogP contribution in [0.4, 0.5) is 10.5 Å². The number of nitrogens with one attached hydrogen (secondary N) is 1. The van der Waals surface area contributed by atoms with Crippen LogP contribution < -0.4 is 19.7 Å². The molecule has 0 aliphatic rings. The van der Waals surface area contributed by atoms with Gasteiger partial charge in [0, 0.05) is 32.1 Å². The van der Waals surface area contributed by atoms with E-state index in [2.05, 4.69) is 10.1 Å². The normalized spacial score (nSPS) is 9.86. The lowest BCUT2D eigenvalue weighted by Gasteiger charge is -2.24. The number of anilines is 1. The Labute approximate surface area is 134 Å². The summed E-state index contributed by atoms with van der Waals surface area (Å²) in [5.74, 6) is 0.637. The van der Waals surface area contributed by atoms with E-state index in [0.717, 1.165) is 0 Å². The highest BCUT2D eigenvalue weighted by Gasteiger charge is 2.19. The summed E-state index contributed by atoms with van der Waals surface area (Å²) in [4.78, 5) is 24.4. The molecular formula is C14H19ClN2O5. The van der Waals surface area contributed by atoms with Crippen LogP contribution in [0.1, 0.15) is 6.92 Å². The van der Waals surface area contributed by atoms with Crippen LogP contribution in [0.5, 0.6) is 11.5 Å². The molecule has 0 spiro atoms. The van der Waals surface area contributed by atoms with Gasteiger partial charge in [-0.15, -0.1) is 0 Å². The average molecular weight is 331 g/mol. The molecule has 1 aromatic carbocycles. The Morgan fingerprint density at radius 1 is 1.18 bits per heavy atom. The molecule has 2 amide bonds. The molecule has 0 aliphatic carbocycles. The lowest BCUT2D eigenvalue weighted by molar-refractivity contribution is -0.116. The summed E-state index contributed by atoms with van der Waals surface area (Å²) in [5, 5.41) is 2.89. The maximum Gasteiger partial charge on any atom is 0.406 e. The van der Waals surface area contributed by atoms with Crippen molar-refractivity contribution in [3.63, 3.8) is 0 Å². The maximum atomic E-state index is 11.9. The second-order valence-corrected chi connectivity index (χ2v) is 4.65. The van der Waals surface area contributed by atoms with Gasteiger partial charge in [0.1, 0.15) is 11.5 Å². The van der Waals surface area contributed by atoms with Gasteiger partial charge in [-0.2, -0.15) is 0 Å². The lowest BCUT2D eigenvalue weighted by Crippen LogP contribution is -2.37. The van der Waals surface area contributed by atoms with E-state index in [1.54, 1.807) is 12.1 Å². The number of amides is 2. The number of rotatable bonds is 6. The third-order valence-corrected chi connectivity index (χ3v) is 3.21. The van der Waals surface area contributed by atoms with Crippen molar-refractivity contribution >= 4 is 29.3 Å². The van der Waals surface area contributed by atoms with E-state index in [1.807, 2.05) is 0 Å². The van der Waals surface area contributed by atoms with Crippen molar-refractivity contribution in [1.82, 2.24) is 5.32 Å². The molecular weight excluding hydrogens is 312 g/mol. The molecule has 0 radical (unpaired) electrons. The van der Waals surface area contributed by atoms with Crippen LogP contribution >= 0.6 is 11.6 Å². The predicted molar refractivity (Wildman–Crippen MR) is 83.0 cm³/mol. The number of hydrogen-bond donors (Lipinski definition) is 1. The van der Waals surface area contributed by atoms with E-state index in [-0.39, 0.29) is 19.0 Å². The third-order valence-electron chi connectivity index (χ3n) is 2.91. The third kappa shape index (κ3) is 4.42. The zero-order valence-corrected chi connectivity index (χ0v) is 13.7. The standard InChI is InChI=1S/C14H19ClN2O5/c1-9(18)17(6-5-16-14(19)22-4)11-8-12(20-2)10(15)7-13(11)21-3/h7-8H,5-6H2,1-4H3,(H,16,19). The largest absolute Gasteiger partial charge is 0.495 e. The molecule has 0 atom stereocenters. The summed E-state index contributed by atoms with van der Waals surface area (Å²) in [5.41, 5.74) is 0.503. The molecule has 0 bridgehead atoms. The van der Waals surface area contributed by atoms with Gasteiger partial charge in [-0.05, 0) is 0 Å². The quantitative estimate of drug-likeness (QED) is 0.864. The van der Waals surface area contributed by atoms with E-state index in [1.165, 1.54) is 33.2 Å². The van der Waals surface area contributed by atoms with Gasteiger partial charge in [-0.3, -0.25) is 4.79 Å². The molecule has 0 saturated carbocycles. The van der Waals surface area contributed by atoms with Crippen molar-refractivity contribution in [3.05, 3.63) is 17.2 Å². The zero-order chi connectivity index (χ0) is 16.7. The van der Waals surface area contributed by atoms with Gasteiger partial charge in [0.05, 0.1) is 32.0 Å². The SMILES string of the molecule is COC(=O)NCCN(C(C)=O)c1cc(OC)c(Cl)cc1OC. The molecule has 0 saturated heterocycles. The number of ether oxygens (including phenoxy) is 3. The van der Waals surface area contributed by atoms with Crippen molar-refractivity contribution in [2.75, 3.05) is 39.3 Å². The zero-order valence-electron chi connectivity index (χ0n) is 12.9. The topological polar surface area (TPSA) is 77.1 Å². The first-order valence-electron chi connectivity index (χ1n) is 6.46. The van der Waals surface area contributed by atoms with Crippen molar-refractivity contribution < 1.29 is 23.8 Å². The van der Waals surface area contributed by atoms with Gasteiger partial charge in [-0.1, -0.05) is 11.6 Å². The monoisotopic (exact) mass is 330 g/mol. The number of carbonyl (C=O) groups is 2. The molecule has 0 heterocycles. The lowest BCUT2D eigenvalue weighted by atomic mass is 10.2. The fraction of sp³-hybridized carbons (Fsp3) is 0.429. The highest BCUT2D eigenvalue weighted by molar-refractivity contribution is 6.32. The average Bonchev–Trinajstić information content (AvgIpc) is 2.50. The molecule has 1 aromatic rings. The van der Waals surface area contributed by atoms with Gasteiger partial charge in [-0.25, -0.2) is 4.79 Å². The minimum absolute atomic E-state index is 0.214. The molecule has 0 fully saturated rings.